The SMILES string of the molecule is CC1CCCC(CNc2ccc(C(=O)O)c(Cl)c2)C1. The molecule has 2 N–H and O–H groups in total. The van der Waals surface area contributed by atoms with Gasteiger partial charge in [-0.15, -0.1) is 0 Å². The molecule has 0 amide bonds. The Morgan fingerprint density at radius 3 is 2.89 bits per heavy atom. The van der Waals surface area contributed by atoms with Crippen molar-refractivity contribution in [2.75, 3.05) is 11.9 Å². The Labute approximate surface area is 119 Å². The van der Waals surface area contributed by atoms with Crippen molar-refractivity contribution in [3.8, 4) is 0 Å². The van der Waals surface area contributed by atoms with Crippen LogP contribution in [0.15, 0.2) is 18.2 Å². The lowest BCUT2D eigenvalue weighted by Crippen LogP contribution is -2.21. The molecule has 0 heterocycles. The van der Waals surface area contributed by atoms with Gasteiger partial charge in [0, 0.05) is 12.2 Å². The molecule has 2 atom stereocenters. The van der Waals surface area contributed by atoms with Crippen LogP contribution < -0.4 is 5.32 Å². The molecule has 1 fully saturated rings. The highest BCUT2D eigenvalue weighted by Gasteiger charge is 2.18. The Morgan fingerprint density at radius 1 is 1.47 bits per heavy atom. The van der Waals surface area contributed by atoms with Gasteiger partial charge in [0.1, 0.15) is 0 Å². The molecule has 3 nitrogen and oxygen atoms in total. The van der Waals surface area contributed by atoms with E-state index in [-0.39, 0.29) is 10.6 Å². The molecule has 0 aliphatic heterocycles. The maximum Gasteiger partial charge on any atom is 0.337 e. The monoisotopic (exact) mass is 281 g/mol. The Morgan fingerprint density at radius 2 is 2.26 bits per heavy atom. The Bertz CT molecular complexity index is 461. The van der Waals surface area contributed by atoms with Crippen LogP contribution in [0.25, 0.3) is 0 Å². The number of hydrogen-bond acceptors (Lipinski definition) is 2. The molecule has 1 aromatic rings. The van der Waals surface area contributed by atoms with E-state index in [1.54, 1.807) is 18.2 Å². The van der Waals surface area contributed by atoms with Gasteiger partial charge in [-0.2, -0.15) is 0 Å². The fourth-order valence-electron chi connectivity index (χ4n) is 2.81. The zero-order chi connectivity index (χ0) is 13.8. The van der Waals surface area contributed by atoms with Crippen molar-refractivity contribution >= 4 is 23.3 Å². The molecule has 19 heavy (non-hydrogen) atoms. The second-order valence-corrected chi connectivity index (χ2v) is 5.93. The average Bonchev–Trinajstić information content (AvgIpc) is 2.36. The zero-order valence-corrected chi connectivity index (χ0v) is 11.9. The maximum absolute atomic E-state index is 10.9. The summed E-state index contributed by atoms with van der Waals surface area (Å²) in [5, 5.41) is 12.6. The van der Waals surface area contributed by atoms with Crippen LogP contribution in [0.2, 0.25) is 5.02 Å². The summed E-state index contributed by atoms with van der Waals surface area (Å²) in [6.07, 6.45) is 5.20. The third-order valence-corrected chi connectivity index (χ3v) is 4.15. The van der Waals surface area contributed by atoms with Crippen LogP contribution in [0.1, 0.15) is 43.0 Å². The third-order valence-electron chi connectivity index (χ3n) is 3.84. The summed E-state index contributed by atoms with van der Waals surface area (Å²) < 4.78 is 0. The van der Waals surface area contributed by atoms with Crippen molar-refractivity contribution in [1.82, 2.24) is 0 Å². The van der Waals surface area contributed by atoms with Crippen LogP contribution in [0.3, 0.4) is 0 Å². The standard InChI is InChI=1S/C15H20ClNO2/c1-10-3-2-4-11(7-10)9-17-12-5-6-13(15(18)19)14(16)8-12/h5-6,8,10-11,17H,2-4,7,9H2,1H3,(H,18,19). The Kier molecular flexibility index (Phi) is 4.70. The summed E-state index contributed by atoms with van der Waals surface area (Å²) >= 11 is 5.95. The second kappa shape index (κ2) is 6.29. The highest BCUT2D eigenvalue weighted by Crippen LogP contribution is 2.29. The van der Waals surface area contributed by atoms with Crippen molar-refractivity contribution in [2.45, 2.75) is 32.6 Å². The molecule has 0 aromatic heterocycles. The van der Waals surface area contributed by atoms with Gasteiger partial charge in [0.25, 0.3) is 0 Å². The molecule has 0 spiro atoms. The van der Waals surface area contributed by atoms with Gasteiger partial charge in [0.2, 0.25) is 0 Å². The van der Waals surface area contributed by atoms with Gasteiger partial charge in [0.15, 0.2) is 0 Å². The van der Waals surface area contributed by atoms with Crippen LogP contribution in [-0.4, -0.2) is 17.6 Å². The average molecular weight is 282 g/mol. The highest BCUT2D eigenvalue weighted by atomic mass is 35.5. The van der Waals surface area contributed by atoms with E-state index in [4.69, 9.17) is 16.7 Å². The molecule has 2 rings (SSSR count). The number of rotatable bonds is 4. The normalized spacial score (nSPS) is 23.1. The first-order valence-corrected chi connectivity index (χ1v) is 7.20. The predicted octanol–water partition coefficient (Wildman–Crippen LogP) is 4.28. The van der Waals surface area contributed by atoms with E-state index in [2.05, 4.69) is 12.2 Å². The second-order valence-electron chi connectivity index (χ2n) is 5.52. The predicted molar refractivity (Wildman–Crippen MR) is 78.0 cm³/mol. The molecule has 2 unspecified atom stereocenters. The van der Waals surface area contributed by atoms with Crippen LogP contribution in [0.5, 0.6) is 0 Å². The summed E-state index contributed by atoms with van der Waals surface area (Å²) in [5.74, 6) is 0.540. The fraction of sp³-hybridized carbons (Fsp3) is 0.533. The molecule has 1 aromatic carbocycles. The summed E-state index contributed by atoms with van der Waals surface area (Å²) in [6, 6.07) is 5.02. The number of aromatic carboxylic acids is 1. The number of nitrogens with one attached hydrogen (secondary N) is 1. The lowest BCUT2D eigenvalue weighted by atomic mass is 9.82. The quantitative estimate of drug-likeness (QED) is 0.866. The number of hydrogen-bond donors (Lipinski definition) is 2. The lowest BCUT2D eigenvalue weighted by molar-refractivity contribution is 0.0697. The van der Waals surface area contributed by atoms with Crippen molar-refractivity contribution < 1.29 is 9.90 Å². The Hall–Kier alpha value is -1.22. The molecular weight excluding hydrogens is 262 g/mol. The van der Waals surface area contributed by atoms with Gasteiger partial charge in [-0.05, 0) is 42.9 Å². The smallest absolute Gasteiger partial charge is 0.337 e. The fourth-order valence-corrected chi connectivity index (χ4v) is 3.07. The van der Waals surface area contributed by atoms with Crippen molar-refractivity contribution in [2.24, 2.45) is 11.8 Å². The number of benzene rings is 1. The largest absolute Gasteiger partial charge is 0.478 e. The molecule has 1 aliphatic carbocycles. The number of carbonyl (C=O) groups is 1. The van der Waals surface area contributed by atoms with Crippen LogP contribution in [0.4, 0.5) is 5.69 Å². The highest BCUT2D eigenvalue weighted by molar-refractivity contribution is 6.33. The lowest BCUT2D eigenvalue weighted by Gasteiger charge is -2.27. The van der Waals surface area contributed by atoms with Gasteiger partial charge in [-0.1, -0.05) is 31.4 Å². The zero-order valence-electron chi connectivity index (χ0n) is 11.2. The van der Waals surface area contributed by atoms with Gasteiger partial charge in [0.05, 0.1) is 10.6 Å². The topological polar surface area (TPSA) is 49.3 Å². The molecule has 1 saturated carbocycles. The number of carboxylic acid groups (broad SMARTS) is 1. The first-order valence-electron chi connectivity index (χ1n) is 6.83. The third kappa shape index (κ3) is 3.87. The van der Waals surface area contributed by atoms with E-state index in [0.717, 1.165) is 18.2 Å². The van der Waals surface area contributed by atoms with E-state index in [0.29, 0.717) is 5.92 Å². The molecule has 0 saturated heterocycles. The number of carboxylic acids is 1. The number of anilines is 1. The van der Waals surface area contributed by atoms with E-state index in [1.165, 1.54) is 25.7 Å². The molecule has 4 heteroatoms. The van der Waals surface area contributed by atoms with Gasteiger partial charge < -0.3 is 10.4 Å². The first-order chi connectivity index (χ1) is 9.06. The molecule has 1 aliphatic rings. The molecule has 0 bridgehead atoms. The molecular formula is C15H20ClNO2. The van der Waals surface area contributed by atoms with Crippen molar-refractivity contribution in [3.05, 3.63) is 28.8 Å². The van der Waals surface area contributed by atoms with Crippen LogP contribution in [-0.2, 0) is 0 Å². The summed E-state index contributed by atoms with van der Waals surface area (Å²) in [4.78, 5) is 10.9. The van der Waals surface area contributed by atoms with Gasteiger partial charge >= 0.3 is 5.97 Å². The van der Waals surface area contributed by atoms with E-state index >= 15 is 0 Å². The summed E-state index contributed by atoms with van der Waals surface area (Å²) in [5.41, 5.74) is 1.05. The summed E-state index contributed by atoms with van der Waals surface area (Å²) in [7, 11) is 0. The maximum atomic E-state index is 10.9. The minimum atomic E-state index is -0.988. The van der Waals surface area contributed by atoms with Gasteiger partial charge in [-0.25, -0.2) is 4.79 Å². The first kappa shape index (κ1) is 14.2. The van der Waals surface area contributed by atoms with E-state index in [1.807, 2.05) is 0 Å². The minimum absolute atomic E-state index is 0.151. The van der Waals surface area contributed by atoms with Crippen LogP contribution >= 0.6 is 11.6 Å². The van der Waals surface area contributed by atoms with Crippen molar-refractivity contribution in [3.63, 3.8) is 0 Å². The van der Waals surface area contributed by atoms with E-state index in [9.17, 15) is 4.79 Å². The summed E-state index contributed by atoms with van der Waals surface area (Å²) in [6.45, 7) is 3.25. The Balaban J connectivity index is 1.92. The molecule has 0 radical (unpaired) electrons. The number of halogens is 1. The van der Waals surface area contributed by atoms with Crippen molar-refractivity contribution in [1.29, 1.82) is 0 Å². The van der Waals surface area contributed by atoms with E-state index < -0.39 is 5.97 Å². The minimum Gasteiger partial charge on any atom is -0.478 e. The van der Waals surface area contributed by atoms with Crippen LogP contribution in [0, 0.1) is 11.8 Å². The van der Waals surface area contributed by atoms with Gasteiger partial charge in [-0.3, -0.25) is 0 Å². The molecule has 104 valence electrons.